The van der Waals surface area contributed by atoms with E-state index in [-0.39, 0.29) is 42.6 Å². The maximum atomic E-state index is 13.6. The Morgan fingerprint density at radius 3 is 1.98 bits per heavy atom. The van der Waals surface area contributed by atoms with Crippen LogP contribution in [0, 0.1) is 0 Å². The van der Waals surface area contributed by atoms with Gasteiger partial charge in [0.2, 0.25) is 11.7 Å². The largest absolute Gasteiger partial charge is 0.493 e. The van der Waals surface area contributed by atoms with Crippen molar-refractivity contribution in [3.8, 4) is 28.7 Å². The molecule has 1 aliphatic carbocycles. The smallest absolute Gasteiger partial charge is 0.328 e. The monoisotopic (exact) mass is 554 g/mol. The van der Waals surface area contributed by atoms with Crippen molar-refractivity contribution in [3.63, 3.8) is 0 Å². The summed E-state index contributed by atoms with van der Waals surface area (Å²) in [4.78, 5) is 42.2. The van der Waals surface area contributed by atoms with Crippen LogP contribution in [-0.4, -0.2) is 93.9 Å². The van der Waals surface area contributed by atoms with E-state index in [1.165, 1.54) is 43.3 Å². The van der Waals surface area contributed by atoms with Crippen LogP contribution in [0.4, 0.5) is 0 Å². The van der Waals surface area contributed by atoms with E-state index in [4.69, 9.17) is 23.7 Å². The summed E-state index contributed by atoms with van der Waals surface area (Å²) >= 11 is 0. The lowest BCUT2D eigenvalue weighted by Crippen LogP contribution is -2.59. The number of carboxylic acids is 1. The second-order valence-corrected chi connectivity index (χ2v) is 9.45. The van der Waals surface area contributed by atoms with Crippen molar-refractivity contribution in [3.05, 3.63) is 46.5 Å². The second-order valence-electron chi connectivity index (χ2n) is 9.45. The maximum Gasteiger partial charge on any atom is 0.328 e. The minimum Gasteiger partial charge on any atom is -0.493 e. The van der Waals surface area contributed by atoms with Crippen molar-refractivity contribution in [2.75, 3.05) is 55.2 Å². The van der Waals surface area contributed by atoms with Gasteiger partial charge < -0.3 is 38.6 Å². The van der Waals surface area contributed by atoms with Crippen molar-refractivity contribution >= 4 is 23.9 Å². The molecule has 11 nitrogen and oxygen atoms in total. The minimum absolute atomic E-state index is 0.0487. The molecule has 40 heavy (non-hydrogen) atoms. The minimum atomic E-state index is -1.23. The number of hydrogen-bond donors (Lipinski definition) is 1. The quantitative estimate of drug-likeness (QED) is 0.525. The lowest BCUT2D eigenvalue weighted by atomic mass is 10.0. The highest BCUT2D eigenvalue weighted by molar-refractivity contribution is 6.00. The van der Waals surface area contributed by atoms with Gasteiger partial charge in [0.25, 0.3) is 5.91 Å². The van der Waals surface area contributed by atoms with Crippen LogP contribution in [0.3, 0.4) is 0 Å². The molecule has 0 bridgehead atoms. The molecule has 4 rings (SSSR count). The summed E-state index contributed by atoms with van der Waals surface area (Å²) in [6, 6.07) is 5.51. The average molecular weight is 555 g/mol. The van der Waals surface area contributed by atoms with E-state index in [1.807, 2.05) is 18.2 Å². The Morgan fingerprint density at radius 2 is 1.40 bits per heavy atom. The third-order valence-corrected chi connectivity index (χ3v) is 7.27. The molecule has 2 aromatic carbocycles. The number of rotatable bonds is 8. The Kier molecular flexibility index (Phi) is 8.71. The zero-order chi connectivity index (χ0) is 29.0. The molecule has 1 fully saturated rings. The summed E-state index contributed by atoms with van der Waals surface area (Å²) < 4.78 is 26.9. The Labute approximate surface area is 232 Å². The van der Waals surface area contributed by atoms with Crippen molar-refractivity contribution in [2.24, 2.45) is 0 Å². The van der Waals surface area contributed by atoms with Crippen molar-refractivity contribution in [2.45, 2.75) is 25.3 Å². The summed E-state index contributed by atoms with van der Waals surface area (Å²) in [5, 5.41) is 10.0. The van der Waals surface area contributed by atoms with Gasteiger partial charge in [0.15, 0.2) is 23.0 Å². The van der Waals surface area contributed by atoms with Crippen LogP contribution in [0.25, 0.3) is 6.08 Å². The maximum absolute atomic E-state index is 13.6. The first-order chi connectivity index (χ1) is 19.3. The molecule has 1 aliphatic heterocycles. The average Bonchev–Trinajstić information content (AvgIpc) is 3.20. The third kappa shape index (κ3) is 5.49. The summed E-state index contributed by atoms with van der Waals surface area (Å²) in [5.74, 6) is 0.117. The van der Waals surface area contributed by atoms with E-state index >= 15 is 0 Å². The summed E-state index contributed by atoms with van der Waals surface area (Å²) in [5.41, 5.74) is 2.68. The topological polar surface area (TPSA) is 124 Å². The van der Waals surface area contributed by atoms with Crippen LogP contribution in [0.2, 0.25) is 0 Å². The number of benzene rings is 2. The van der Waals surface area contributed by atoms with Gasteiger partial charge in [0.05, 0.1) is 42.1 Å². The molecule has 1 saturated heterocycles. The van der Waals surface area contributed by atoms with Gasteiger partial charge in [0.1, 0.15) is 6.04 Å². The fourth-order valence-electron chi connectivity index (χ4n) is 5.18. The van der Waals surface area contributed by atoms with Crippen LogP contribution in [0.1, 0.15) is 34.3 Å². The number of fused-ring (bicyclic) bond motifs is 1. The molecule has 1 heterocycles. The Morgan fingerprint density at radius 1 is 0.775 bits per heavy atom. The molecule has 1 atom stereocenters. The van der Waals surface area contributed by atoms with Crippen molar-refractivity contribution in [1.29, 1.82) is 0 Å². The van der Waals surface area contributed by atoms with Gasteiger partial charge in [-0.2, -0.15) is 0 Å². The van der Waals surface area contributed by atoms with Crippen LogP contribution in [-0.2, 0) is 16.0 Å². The van der Waals surface area contributed by atoms with Crippen LogP contribution < -0.4 is 23.7 Å². The number of nitrogens with zero attached hydrogens (tertiary/aromatic N) is 2. The molecule has 0 spiro atoms. The highest BCUT2D eigenvalue weighted by atomic mass is 16.5. The molecular formula is C29H34N2O9. The molecule has 2 aliphatic rings. The van der Waals surface area contributed by atoms with Crippen LogP contribution >= 0.6 is 0 Å². The lowest BCUT2D eigenvalue weighted by Gasteiger charge is -2.39. The number of carbonyl (C=O) groups is 3. The van der Waals surface area contributed by atoms with Gasteiger partial charge in [0, 0.05) is 24.2 Å². The van der Waals surface area contributed by atoms with E-state index in [0.717, 1.165) is 24.0 Å². The number of hydrogen-bond acceptors (Lipinski definition) is 8. The fraction of sp³-hybridized carbons (Fsp3) is 0.414. The standard InChI is InChI=1S/C29H34N2O9/c1-36-22-12-17-7-6-8-18(11-19(17)13-23(22)37-2)27(32)30-9-10-31(21(16-30)29(34)35)28(33)20-14-24(38-3)26(40-5)25(15-20)39-4/h11-15,21H,6-10,16H2,1-5H3,(H,34,35). The summed E-state index contributed by atoms with van der Waals surface area (Å²) in [7, 11) is 7.46. The number of ether oxygens (including phenoxy) is 5. The molecule has 214 valence electrons. The van der Waals surface area contributed by atoms with Crippen LogP contribution in [0.5, 0.6) is 28.7 Å². The number of amides is 2. The number of carboxylic acid groups (broad SMARTS) is 1. The Hall–Kier alpha value is -4.41. The molecule has 2 aromatic rings. The van der Waals surface area contributed by atoms with E-state index in [9.17, 15) is 19.5 Å². The molecule has 1 N–H and O–H groups in total. The number of piperazine rings is 1. The molecule has 2 amide bonds. The zero-order valence-corrected chi connectivity index (χ0v) is 23.3. The second kappa shape index (κ2) is 12.2. The summed E-state index contributed by atoms with van der Waals surface area (Å²) in [6.45, 7) is 0.0997. The van der Waals surface area contributed by atoms with Gasteiger partial charge in [-0.25, -0.2) is 4.79 Å². The van der Waals surface area contributed by atoms with Gasteiger partial charge >= 0.3 is 5.97 Å². The normalized spacial score (nSPS) is 16.7. The molecule has 0 aromatic heterocycles. The van der Waals surface area contributed by atoms with Gasteiger partial charge in [-0.05, 0) is 60.7 Å². The van der Waals surface area contributed by atoms with E-state index in [0.29, 0.717) is 29.2 Å². The Balaban J connectivity index is 1.58. The molecule has 1 unspecified atom stereocenters. The first kappa shape index (κ1) is 28.6. The number of methoxy groups -OCH3 is 5. The predicted molar refractivity (Wildman–Crippen MR) is 146 cm³/mol. The summed E-state index contributed by atoms with van der Waals surface area (Å²) in [6.07, 6.45) is 3.90. The zero-order valence-electron chi connectivity index (χ0n) is 23.3. The van der Waals surface area contributed by atoms with Gasteiger partial charge in [-0.3, -0.25) is 9.59 Å². The Bertz CT molecular complexity index is 1310. The highest BCUT2D eigenvalue weighted by Gasteiger charge is 2.38. The first-order valence-electron chi connectivity index (χ1n) is 12.8. The van der Waals surface area contributed by atoms with E-state index in [1.54, 1.807) is 14.2 Å². The first-order valence-corrected chi connectivity index (χ1v) is 12.8. The van der Waals surface area contributed by atoms with Crippen LogP contribution in [0.15, 0.2) is 29.8 Å². The fourth-order valence-corrected chi connectivity index (χ4v) is 5.18. The number of carbonyl (C=O) groups excluding carboxylic acids is 2. The molecule has 11 heteroatoms. The number of aryl methyl sites for hydroxylation is 1. The molecule has 0 radical (unpaired) electrons. The van der Waals surface area contributed by atoms with Gasteiger partial charge in [-0.15, -0.1) is 0 Å². The highest BCUT2D eigenvalue weighted by Crippen LogP contribution is 2.39. The van der Waals surface area contributed by atoms with E-state index in [2.05, 4.69) is 0 Å². The van der Waals surface area contributed by atoms with Crippen molar-refractivity contribution < 1.29 is 43.2 Å². The SMILES string of the molecule is COc1cc2c(cc1OC)CCCC(C(=O)N1CCN(C(=O)c3cc(OC)c(OC)c(OC)c3)C(C(=O)O)C1)=C2. The molecule has 0 saturated carbocycles. The van der Waals surface area contributed by atoms with Gasteiger partial charge in [-0.1, -0.05) is 0 Å². The predicted octanol–water partition coefficient (Wildman–Crippen LogP) is 2.89. The third-order valence-electron chi connectivity index (χ3n) is 7.27. The van der Waals surface area contributed by atoms with E-state index < -0.39 is 17.9 Å². The van der Waals surface area contributed by atoms with Crippen molar-refractivity contribution in [1.82, 2.24) is 9.80 Å². The number of aliphatic carboxylic acids is 1. The lowest BCUT2D eigenvalue weighted by molar-refractivity contribution is -0.146. The molecular weight excluding hydrogens is 520 g/mol.